The first kappa shape index (κ1) is 20.5. The highest BCUT2D eigenvalue weighted by molar-refractivity contribution is 6.74. The maximum atomic E-state index is 13.4. The van der Waals surface area contributed by atoms with E-state index < -0.39 is 20.1 Å². The van der Waals surface area contributed by atoms with Gasteiger partial charge in [-0.1, -0.05) is 32.4 Å². The smallest absolute Gasteiger partial charge is 0.304 e. The Balaban J connectivity index is 2.01. The van der Waals surface area contributed by atoms with E-state index in [2.05, 4.69) is 50.8 Å². The topological polar surface area (TPSA) is 44.2 Å². The summed E-state index contributed by atoms with van der Waals surface area (Å²) in [5, 5.41) is 0.0742. The predicted octanol–water partition coefficient (Wildman–Crippen LogP) is 5.56. The summed E-state index contributed by atoms with van der Waals surface area (Å²) in [6.45, 7) is 13.8. The summed E-state index contributed by atoms with van der Waals surface area (Å²) < 4.78 is 39.0. The first-order valence-electron chi connectivity index (χ1n) is 8.41. The van der Waals surface area contributed by atoms with Crippen molar-refractivity contribution in [3.63, 3.8) is 0 Å². The van der Waals surface area contributed by atoms with Crippen molar-refractivity contribution in [1.82, 2.24) is 9.97 Å². The minimum atomic E-state index is -3.16. The molecule has 0 spiro atoms. The van der Waals surface area contributed by atoms with Crippen LogP contribution in [0.25, 0.3) is 0 Å². The molecule has 1 aromatic rings. The van der Waals surface area contributed by atoms with Crippen LogP contribution >= 0.6 is 11.6 Å². The molecular formula is C17H27ClF2N2O2Si. The SMILES string of the molecule is CC1(O[Si](C)(C)C(C)(C)C)CC(Oc2cc(Cl)nc(C(C)(F)F)n2)C1. The van der Waals surface area contributed by atoms with Crippen LogP contribution in [0.1, 0.15) is 53.3 Å². The third kappa shape index (κ3) is 4.89. The van der Waals surface area contributed by atoms with E-state index in [-0.39, 0.29) is 27.8 Å². The number of hydrogen-bond acceptors (Lipinski definition) is 4. The van der Waals surface area contributed by atoms with E-state index in [1.165, 1.54) is 6.07 Å². The van der Waals surface area contributed by atoms with Crippen molar-refractivity contribution in [1.29, 1.82) is 0 Å². The Kier molecular flexibility index (Phi) is 5.27. The van der Waals surface area contributed by atoms with Crippen LogP contribution in [-0.2, 0) is 10.3 Å². The summed E-state index contributed by atoms with van der Waals surface area (Å²) in [6.07, 6.45) is 1.26. The molecule has 142 valence electrons. The van der Waals surface area contributed by atoms with Crippen LogP contribution in [0.4, 0.5) is 8.78 Å². The maximum Gasteiger partial charge on any atom is 0.304 e. The van der Waals surface area contributed by atoms with Crippen LogP contribution in [0.5, 0.6) is 5.88 Å². The second-order valence-corrected chi connectivity index (χ2v) is 13.8. The third-order valence-electron chi connectivity index (χ3n) is 4.98. The molecule has 0 bridgehead atoms. The van der Waals surface area contributed by atoms with Crippen molar-refractivity contribution in [3.8, 4) is 5.88 Å². The molecule has 1 aliphatic rings. The normalized spacial score (nSPS) is 24.8. The first-order chi connectivity index (χ1) is 11.1. The van der Waals surface area contributed by atoms with Crippen molar-refractivity contribution in [2.24, 2.45) is 0 Å². The van der Waals surface area contributed by atoms with E-state index in [1.807, 2.05) is 0 Å². The molecule has 4 nitrogen and oxygen atoms in total. The molecule has 1 aromatic heterocycles. The van der Waals surface area contributed by atoms with Crippen LogP contribution in [0.2, 0.25) is 23.3 Å². The highest BCUT2D eigenvalue weighted by Gasteiger charge is 2.49. The summed E-state index contributed by atoms with van der Waals surface area (Å²) in [5.74, 6) is -3.71. The molecule has 0 radical (unpaired) electrons. The largest absolute Gasteiger partial charge is 0.474 e. The Bertz CT molecular complexity index is 639. The Labute approximate surface area is 154 Å². The summed E-state index contributed by atoms with van der Waals surface area (Å²) in [7, 11) is -1.88. The fraction of sp³-hybridized carbons (Fsp3) is 0.765. The van der Waals surface area contributed by atoms with E-state index >= 15 is 0 Å². The molecular weight excluding hydrogens is 366 g/mol. The monoisotopic (exact) mass is 392 g/mol. The number of aromatic nitrogens is 2. The van der Waals surface area contributed by atoms with E-state index in [1.54, 1.807) is 0 Å². The first-order valence-corrected chi connectivity index (χ1v) is 11.7. The highest BCUT2D eigenvalue weighted by atomic mass is 35.5. The molecule has 0 atom stereocenters. The van der Waals surface area contributed by atoms with Crippen molar-refractivity contribution < 1.29 is 17.9 Å². The van der Waals surface area contributed by atoms with Gasteiger partial charge in [-0.15, -0.1) is 0 Å². The average Bonchev–Trinajstić information content (AvgIpc) is 2.32. The summed E-state index contributed by atoms with van der Waals surface area (Å²) in [6, 6.07) is 1.36. The zero-order chi connectivity index (χ0) is 19.3. The van der Waals surface area contributed by atoms with Crippen molar-refractivity contribution in [2.75, 3.05) is 0 Å². The molecule has 0 aromatic carbocycles. The molecule has 0 unspecified atom stereocenters. The molecule has 0 amide bonds. The number of hydrogen-bond donors (Lipinski definition) is 0. The van der Waals surface area contributed by atoms with E-state index in [4.69, 9.17) is 20.8 Å². The van der Waals surface area contributed by atoms with Crippen LogP contribution in [-0.4, -0.2) is 30.0 Å². The number of nitrogens with zero attached hydrogens (tertiary/aromatic N) is 2. The van der Waals surface area contributed by atoms with Gasteiger partial charge in [-0.25, -0.2) is 4.98 Å². The standard InChI is InChI=1S/C17H27ClF2N2O2Si/c1-15(2,3)25(6,7)24-16(4)9-11(10-16)23-13-8-12(18)21-14(22-13)17(5,19)20/h8,11H,9-10H2,1-7H3. The van der Waals surface area contributed by atoms with Crippen LogP contribution in [0, 0.1) is 0 Å². The van der Waals surface area contributed by atoms with Gasteiger partial charge in [0.25, 0.3) is 0 Å². The minimum Gasteiger partial charge on any atom is -0.474 e. The van der Waals surface area contributed by atoms with Gasteiger partial charge in [0.05, 0.1) is 5.60 Å². The van der Waals surface area contributed by atoms with Gasteiger partial charge in [-0.3, -0.25) is 0 Å². The molecule has 1 aliphatic carbocycles. The van der Waals surface area contributed by atoms with Crippen molar-refractivity contribution >= 4 is 19.9 Å². The molecule has 0 saturated heterocycles. The van der Waals surface area contributed by atoms with Gasteiger partial charge in [0, 0.05) is 25.8 Å². The van der Waals surface area contributed by atoms with E-state index in [0.29, 0.717) is 12.8 Å². The second-order valence-electron chi connectivity index (χ2n) is 8.70. The molecule has 1 saturated carbocycles. The Morgan fingerprint density at radius 2 is 1.76 bits per heavy atom. The van der Waals surface area contributed by atoms with E-state index in [9.17, 15) is 8.78 Å². The van der Waals surface area contributed by atoms with Gasteiger partial charge >= 0.3 is 5.92 Å². The lowest BCUT2D eigenvalue weighted by Crippen LogP contribution is -2.57. The number of rotatable bonds is 5. The van der Waals surface area contributed by atoms with Crippen LogP contribution in [0.3, 0.4) is 0 Å². The Morgan fingerprint density at radius 3 is 2.24 bits per heavy atom. The minimum absolute atomic E-state index is 0.0545. The van der Waals surface area contributed by atoms with Crippen LogP contribution in [0.15, 0.2) is 6.07 Å². The molecule has 1 fully saturated rings. The molecule has 8 heteroatoms. The lowest BCUT2D eigenvalue weighted by molar-refractivity contribution is -0.0807. The molecule has 0 N–H and O–H groups in total. The van der Waals surface area contributed by atoms with Gasteiger partial charge in [-0.2, -0.15) is 13.8 Å². The van der Waals surface area contributed by atoms with Gasteiger partial charge in [0.15, 0.2) is 8.32 Å². The zero-order valence-corrected chi connectivity index (χ0v) is 17.7. The second kappa shape index (κ2) is 6.42. The van der Waals surface area contributed by atoms with Gasteiger partial charge in [0.1, 0.15) is 11.3 Å². The van der Waals surface area contributed by atoms with Crippen molar-refractivity contribution in [3.05, 3.63) is 17.0 Å². The predicted molar refractivity (Wildman–Crippen MR) is 96.9 cm³/mol. The third-order valence-corrected chi connectivity index (χ3v) is 9.79. The number of ether oxygens (including phenoxy) is 1. The summed E-state index contributed by atoms with van der Waals surface area (Å²) >= 11 is 5.81. The van der Waals surface area contributed by atoms with E-state index in [0.717, 1.165) is 6.92 Å². The van der Waals surface area contributed by atoms with Crippen LogP contribution < -0.4 is 4.74 Å². The maximum absolute atomic E-state index is 13.4. The summed E-state index contributed by atoms with van der Waals surface area (Å²) in [4.78, 5) is 7.35. The number of halogens is 3. The van der Waals surface area contributed by atoms with Crippen molar-refractivity contribution in [2.45, 2.75) is 83.2 Å². The lowest BCUT2D eigenvalue weighted by atomic mass is 9.79. The molecule has 0 aliphatic heterocycles. The zero-order valence-electron chi connectivity index (χ0n) is 15.9. The highest BCUT2D eigenvalue weighted by Crippen LogP contribution is 2.46. The molecule has 1 heterocycles. The lowest BCUT2D eigenvalue weighted by Gasteiger charge is -2.51. The van der Waals surface area contributed by atoms with Gasteiger partial charge in [-0.05, 0) is 25.1 Å². The Morgan fingerprint density at radius 1 is 1.20 bits per heavy atom. The fourth-order valence-electron chi connectivity index (χ4n) is 2.66. The Hall–Kier alpha value is -0.793. The average molecular weight is 393 g/mol. The van der Waals surface area contributed by atoms with Gasteiger partial charge in [0.2, 0.25) is 11.7 Å². The molecule has 2 rings (SSSR count). The fourth-order valence-corrected chi connectivity index (χ4v) is 4.54. The molecule has 25 heavy (non-hydrogen) atoms. The summed E-state index contributed by atoms with van der Waals surface area (Å²) in [5.41, 5.74) is -0.248. The number of alkyl halides is 2. The van der Waals surface area contributed by atoms with Gasteiger partial charge < -0.3 is 9.16 Å². The quantitative estimate of drug-likeness (QED) is 0.485.